The first kappa shape index (κ1) is 18.8. The number of hydrogen-bond acceptors (Lipinski definition) is 1. The van der Waals surface area contributed by atoms with E-state index in [9.17, 15) is 0 Å². The zero-order valence-electron chi connectivity index (χ0n) is 17.0. The van der Waals surface area contributed by atoms with Crippen molar-refractivity contribution in [2.24, 2.45) is 7.05 Å². The van der Waals surface area contributed by atoms with E-state index < -0.39 is 7.26 Å². The molecule has 2 nitrogen and oxygen atoms in total. The third-order valence-electron chi connectivity index (χ3n) is 5.82. The minimum absolute atomic E-state index is 0.978. The molecule has 0 radical (unpaired) electrons. The van der Waals surface area contributed by atoms with E-state index in [1.807, 2.05) is 17.9 Å². The molecule has 5 rings (SSSR count). The molecule has 0 saturated heterocycles. The molecule has 4 aromatic carbocycles. The van der Waals surface area contributed by atoms with Crippen molar-refractivity contribution in [3.63, 3.8) is 0 Å². The standard InChI is InChI=1S/C27H24N2P/c1-29-27-19-22(17-18-23(27)20-28-29)21-30(24-11-5-2-6-12-24,25-13-7-3-8-14-25)26-15-9-4-10-16-26/h2-20H,21H2,1H3/q+1. The Morgan fingerprint density at radius 2 is 1.17 bits per heavy atom. The molecule has 30 heavy (non-hydrogen) atoms. The first-order valence-electron chi connectivity index (χ1n) is 10.2. The van der Waals surface area contributed by atoms with Gasteiger partial charge in [-0.2, -0.15) is 5.10 Å². The van der Waals surface area contributed by atoms with Crippen molar-refractivity contribution in [3.8, 4) is 0 Å². The summed E-state index contributed by atoms with van der Waals surface area (Å²) >= 11 is 0. The number of aromatic nitrogens is 2. The van der Waals surface area contributed by atoms with Crippen molar-refractivity contribution in [1.82, 2.24) is 9.78 Å². The Labute approximate surface area is 178 Å². The largest absolute Gasteiger partial charge is 0.268 e. The summed E-state index contributed by atoms with van der Waals surface area (Å²) in [6, 6.07) is 39.9. The average molecular weight is 407 g/mol. The van der Waals surface area contributed by atoms with E-state index in [1.165, 1.54) is 32.4 Å². The topological polar surface area (TPSA) is 17.8 Å². The lowest BCUT2D eigenvalue weighted by atomic mass is 10.2. The van der Waals surface area contributed by atoms with Crippen molar-refractivity contribution >= 4 is 34.1 Å². The molecule has 0 bridgehead atoms. The highest BCUT2D eigenvalue weighted by Crippen LogP contribution is 2.58. The number of rotatable bonds is 5. The molecule has 1 heterocycles. The second-order valence-electron chi connectivity index (χ2n) is 7.64. The molecule has 0 saturated carbocycles. The summed E-state index contributed by atoms with van der Waals surface area (Å²) in [5.74, 6) is 0. The van der Waals surface area contributed by atoms with Crippen LogP contribution >= 0.6 is 7.26 Å². The van der Waals surface area contributed by atoms with Crippen LogP contribution in [0.3, 0.4) is 0 Å². The van der Waals surface area contributed by atoms with Gasteiger partial charge in [-0.3, -0.25) is 4.68 Å². The average Bonchev–Trinajstić information content (AvgIpc) is 3.19. The summed E-state index contributed by atoms with van der Waals surface area (Å²) in [5.41, 5.74) is 2.52. The molecule has 0 fully saturated rings. The molecule has 0 unspecified atom stereocenters. The van der Waals surface area contributed by atoms with E-state index >= 15 is 0 Å². The van der Waals surface area contributed by atoms with Crippen LogP contribution in [0.15, 0.2) is 115 Å². The van der Waals surface area contributed by atoms with E-state index in [4.69, 9.17) is 0 Å². The second kappa shape index (κ2) is 7.89. The molecule has 0 aliphatic carbocycles. The van der Waals surface area contributed by atoms with Gasteiger partial charge in [-0.15, -0.1) is 0 Å². The maximum absolute atomic E-state index is 4.43. The van der Waals surface area contributed by atoms with Crippen LogP contribution in [0.25, 0.3) is 10.9 Å². The molecular weight excluding hydrogens is 383 g/mol. The fourth-order valence-corrected chi connectivity index (χ4v) is 8.56. The van der Waals surface area contributed by atoms with Gasteiger partial charge in [-0.25, -0.2) is 0 Å². The Hall–Kier alpha value is -3.22. The third kappa shape index (κ3) is 3.24. The summed E-state index contributed by atoms with van der Waals surface area (Å²) < 4.78 is 1.96. The molecule has 5 aromatic rings. The summed E-state index contributed by atoms with van der Waals surface area (Å²) in [7, 11) is 0.135. The summed E-state index contributed by atoms with van der Waals surface area (Å²) in [4.78, 5) is 0. The highest BCUT2D eigenvalue weighted by molar-refractivity contribution is 7.95. The number of nitrogens with zero attached hydrogens (tertiary/aromatic N) is 2. The lowest BCUT2D eigenvalue weighted by Gasteiger charge is -2.28. The molecule has 1 aromatic heterocycles. The van der Waals surface area contributed by atoms with Gasteiger partial charge >= 0.3 is 0 Å². The van der Waals surface area contributed by atoms with Crippen LogP contribution < -0.4 is 15.9 Å². The van der Waals surface area contributed by atoms with Crippen molar-refractivity contribution in [1.29, 1.82) is 0 Å². The van der Waals surface area contributed by atoms with Crippen LogP contribution in [0.4, 0.5) is 0 Å². The minimum atomic E-state index is -1.88. The summed E-state index contributed by atoms with van der Waals surface area (Å²) in [6.07, 6.45) is 2.92. The van der Waals surface area contributed by atoms with Gasteiger partial charge in [0, 0.05) is 12.4 Å². The lowest BCUT2D eigenvalue weighted by molar-refractivity contribution is 0.796. The maximum Gasteiger partial charge on any atom is 0.116 e. The first-order chi connectivity index (χ1) is 14.8. The van der Waals surface area contributed by atoms with Gasteiger partial charge in [-0.1, -0.05) is 66.7 Å². The van der Waals surface area contributed by atoms with Crippen LogP contribution in [0.1, 0.15) is 5.56 Å². The second-order valence-corrected chi connectivity index (χ2v) is 11.1. The molecule has 146 valence electrons. The van der Waals surface area contributed by atoms with Gasteiger partial charge in [0.15, 0.2) is 0 Å². The highest BCUT2D eigenvalue weighted by Gasteiger charge is 2.45. The van der Waals surface area contributed by atoms with Crippen LogP contribution in [0.2, 0.25) is 0 Å². The molecule has 0 aliphatic heterocycles. The lowest BCUT2D eigenvalue weighted by Crippen LogP contribution is -2.32. The van der Waals surface area contributed by atoms with Crippen molar-refractivity contribution in [2.45, 2.75) is 6.16 Å². The first-order valence-corrected chi connectivity index (χ1v) is 12.2. The molecule has 0 spiro atoms. The van der Waals surface area contributed by atoms with Gasteiger partial charge in [0.1, 0.15) is 23.2 Å². The molecule has 0 aliphatic rings. The Kier molecular flexibility index (Phi) is 4.94. The zero-order chi connectivity index (χ0) is 20.4. The molecule has 3 heteroatoms. The van der Waals surface area contributed by atoms with Gasteiger partial charge < -0.3 is 0 Å². The van der Waals surface area contributed by atoms with Crippen LogP contribution in [0, 0.1) is 0 Å². The van der Waals surface area contributed by atoms with Crippen LogP contribution in [-0.4, -0.2) is 9.78 Å². The van der Waals surface area contributed by atoms with Crippen molar-refractivity contribution in [2.75, 3.05) is 0 Å². The van der Waals surface area contributed by atoms with Gasteiger partial charge in [0.05, 0.1) is 17.9 Å². The summed E-state index contributed by atoms with van der Waals surface area (Å²) in [6.45, 7) is 0. The van der Waals surface area contributed by atoms with E-state index in [0.717, 1.165) is 6.16 Å². The minimum Gasteiger partial charge on any atom is -0.268 e. The van der Waals surface area contributed by atoms with E-state index in [-0.39, 0.29) is 0 Å². The van der Waals surface area contributed by atoms with Gasteiger partial charge in [0.2, 0.25) is 0 Å². The van der Waals surface area contributed by atoms with Crippen LogP contribution in [-0.2, 0) is 13.2 Å². The Bertz CT molecular complexity index is 1170. The number of benzene rings is 4. The fraction of sp³-hybridized carbons (Fsp3) is 0.0741. The quantitative estimate of drug-likeness (QED) is 0.372. The Morgan fingerprint density at radius 3 is 1.67 bits per heavy atom. The number of hydrogen-bond donors (Lipinski definition) is 0. The molecule has 0 atom stereocenters. The normalized spacial score (nSPS) is 11.6. The molecule has 0 N–H and O–H groups in total. The predicted octanol–water partition coefficient (Wildman–Crippen LogP) is 5.07. The van der Waals surface area contributed by atoms with Crippen molar-refractivity contribution < 1.29 is 0 Å². The molecular formula is C27H24N2P+. The number of aryl methyl sites for hydroxylation is 1. The summed E-state index contributed by atoms with van der Waals surface area (Å²) in [5, 5.41) is 9.85. The fourth-order valence-electron chi connectivity index (χ4n) is 4.33. The maximum atomic E-state index is 4.43. The SMILES string of the molecule is Cn1ncc2ccc(C[P+](c3ccccc3)(c3ccccc3)c3ccccc3)cc21. The Balaban J connectivity index is 1.77. The van der Waals surface area contributed by atoms with E-state index in [2.05, 4.69) is 114 Å². The van der Waals surface area contributed by atoms with Crippen molar-refractivity contribution in [3.05, 3.63) is 121 Å². The Morgan fingerprint density at radius 1 is 0.667 bits per heavy atom. The van der Waals surface area contributed by atoms with E-state index in [0.29, 0.717) is 0 Å². The van der Waals surface area contributed by atoms with Gasteiger partial charge in [0.25, 0.3) is 0 Å². The molecule has 0 amide bonds. The van der Waals surface area contributed by atoms with Crippen LogP contribution in [0.5, 0.6) is 0 Å². The van der Waals surface area contributed by atoms with Gasteiger partial charge in [-0.05, 0) is 48.0 Å². The predicted molar refractivity (Wildman–Crippen MR) is 130 cm³/mol. The highest BCUT2D eigenvalue weighted by atomic mass is 31.2. The third-order valence-corrected chi connectivity index (χ3v) is 10.2. The van der Waals surface area contributed by atoms with E-state index in [1.54, 1.807) is 0 Å². The zero-order valence-corrected chi connectivity index (χ0v) is 17.9. The smallest absolute Gasteiger partial charge is 0.116 e. The monoisotopic (exact) mass is 407 g/mol. The number of fused-ring (bicyclic) bond motifs is 1.